The Morgan fingerprint density at radius 3 is 2.81 bits per heavy atom. The molecule has 0 saturated heterocycles. The molecule has 0 radical (unpaired) electrons. The Hall–Kier alpha value is -1.88. The Labute approximate surface area is 95.7 Å². The standard InChI is InChI=1S/C10H7ClN2O3/c1-16-6-4-2-3-5-7(6)12-10(11)13-8(5)9(14)15/h2-4H,1H3,(H,14,15). The first-order valence-electron chi connectivity index (χ1n) is 4.37. The number of fused-ring (bicyclic) bond motifs is 1. The molecule has 82 valence electrons. The zero-order chi connectivity index (χ0) is 11.7. The Morgan fingerprint density at radius 1 is 1.44 bits per heavy atom. The van der Waals surface area contributed by atoms with Crippen LogP contribution in [-0.2, 0) is 0 Å². The summed E-state index contributed by atoms with van der Waals surface area (Å²) in [7, 11) is 1.48. The highest BCUT2D eigenvalue weighted by atomic mass is 35.5. The molecule has 6 heteroatoms. The number of carboxylic acid groups (broad SMARTS) is 1. The van der Waals surface area contributed by atoms with Crippen LogP contribution in [0.15, 0.2) is 18.2 Å². The number of hydrogen-bond acceptors (Lipinski definition) is 4. The molecule has 5 nitrogen and oxygen atoms in total. The van der Waals surface area contributed by atoms with Crippen molar-refractivity contribution in [2.24, 2.45) is 0 Å². The van der Waals surface area contributed by atoms with Crippen LogP contribution in [-0.4, -0.2) is 28.2 Å². The Morgan fingerprint density at radius 2 is 2.19 bits per heavy atom. The van der Waals surface area contributed by atoms with Crippen LogP contribution in [0.4, 0.5) is 0 Å². The van der Waals surface area contributed by atoms with Crippen LogP contribution in [0.1, 0.15) is 10.5 Å². The molecule has 1 heterocycles. The van der Waals surface area contributed by atoms with Crippen LogP contribution < -0.4 is 4.74 Å². The van der Waals surface area contributed by atoms with Crippen LogP contribution in [0.5, 0.6) is 5.75 Å². The molecule has 0 bridgehead atoms. The van der Waals surface area contributed by atoms with Crippen LogP contribution >= 0.6 is 11.6 Å². The van der Waals surface area contributed by atoms with Gasteiger partial charge in [0.1, 0.15) is 11.3 Å². The van der Waals surface area contributed by atoms with E-state index in [-0.39, 0.29) is 11.0 Å². The van der Waals surface area contributed by atoms with Gasteiger partial charge < -0.3 is 9.84 Å². The van der Waals surface area contributed by atoms with Gasteiger partial charge in [0.15, 0.2) is 5.69 Å². The smallest absolute Gasteiger partial charge is 0.355 e. The second kappa shape index (κ2) is 3.94. The number of methoxy groups -OCH3 is 1. The highest BCUT2D eigenvalue weighted by Gasteiger charge is 2.15. The summed E-state index contributed by atoms with van der Waals surface area (Å²) in [5, 5.41) is 9.26. The molecule has 0 aliphatic heterocycles. The van der Waals surface area contributed by atoms with Gasteiger partial charge in [-0.25, -0.2) is 14.8 Å². The van der Waals surface area contributed by atoms with Gasteiger partial charge in [-0.05, 0) is 17.7 Å². The summed E-state index contributed by atoms with van der Waals surface area (Å²) >= 11 is 5.66. The number of para-hydroxylation sites is 1. The topological polar surface area (TPSA) is 72.3 Å². The molecular weight excluding hydrogens is 232 g/mol. The minimum absolute atomic E-state index is 0.116. The van der Waals surface area contributed by atoms with Crippen molar-refractivity contribution in [1.29, 1.82) is 0 Å². The number of rotatable bonds is 2. The summed E-state index contributed by atoms with van der Waals surface area (Å²) in [4.78, 5) is 18.6. The van der Waals surface area contributed by atoms with E-state index in [0.717, 1.165) is 0 Å². The molecule has 0 amide bonds. The van der Waals surface area contributed by atoms with E-state index in [4.69, 9.17) is 21.4 Å². The maximum absolute atomic E-state index is 11.0. The van der Waals surface area contributed by atoms with Gasteiger partial charge in [0.25, 0.3) is 0 Å². The summed E-state index contributed by atoms with van der Waals surface area (Å²) in [6, 6.07) is 4.96. The largest absolute Gasteiger partial charge is 0.494 e. The molecule has 1 aromatic carbocycles. The van der Waals surface area contributed by atoms with Crippen LogP contribution in [0.3, 0.4) is 0 Å². The quantitative estimate of drug-likeness (QED) is 0.810. The lowest BCUT2D eigenvalue weighted by Crippen LogP contribution is -2.03. The summed E-state index contributed by atoms with van der Waals surface area (Å²) in [6.07, 6.45) is 0. The van der Waals surface area contributed by atoms with E-state index >= 15 is 0 Å². The van der Waals surface area contributed by atoms with E-state index in [0.29, 0.717) is 16.7 Å². The summed E-state index contributed by atoms with van der Waals surface area (Å²) < 4.78 is 5.08. The fraction of sp³-hybridized carbons (Fsp3) is 0.100. The fourth-order valence-corrected chi connectivity index (χ4v) is 1.60. The van der Waals surface area contributed by atoms with Gasteiger partial charge in [-0.1, -0.05) is 12.1 Å². The van der Waals surface area contributed by atoms with Crippen LogP contribution in [0, 0.1) is 0 Å². The molecule has 16 heavy (non-hydrogen) atoms. The molecule has 0 fully saturated rings. The predicted molar refractivity (Wildman–Crippen MR) is 58.1 cm³/mol. The number of hydrogen-bond donors (Lipinski definition) is 1. The number of ether oxygens (including phenoxy) is 1. The van der Waals surface area contributed by atoms with Crippen molar-refractivity contribution in [3.63, 3.8) is 0 Å². The van der Waals surface area contributed by atoms with Crippen molar-refractivity contribution in [3.05, 3.63) is 29.2 Å². The van der Waals surface area contributed by atoms with E-state index < -0.39 is 5.97 Å². The highest BCUT2D eigenvalue weighted by molar-refractivity contribution is 6.29. The zero-order valence-corrected chi connectivity index (χ0v) is 9.02. The number of halogens is 1. The van der Waals surface area contributed by atoms with Gasteiger partial charge in [-0.3, -0.25) is 0 Å². The highest BCUT2D eigenvalue weighted by Crippen LogP contribution is 2.26. The average Bonchev–Trinajstić information content (AvgIpc) is 2.27. The lowest BCUT2D eigenvalue weighted by Gasteiger charge is -2.06. The van der Waals surface area contributed by atoms with E-state index in [1.165, 1.54) is 7.11 Å². The molecule has 1 N–H and O–H groups in total. The first-order valence-corrected chi connectivity index (χ1v) is 4.75. The lowest BCUT2D eigenvalue weighted by molar-refractivity contribution is 0.0692. The fourth-order valence-electron chi connectivity index (χ4n) is 1.43. The number of aromatic carboxylic acids is 1. The maximum atomic E-state index is 11.0. The second-order valence-electron chi connectivity index (χ2n) is 3.00. The molecule has 0 saturated carbocycles. The number of aromatic nitrogens is 2. The Balaban J connectivity index is 2.88. The Kier molecular flexibility index (Phi) is 2.62. The number of nitrogens with zero attached hydrogens (tertiary/aromatic N) is 2. The second-order valence-corrected chi connectivity index (χ2v) is 3.34. The molecule has 0 unspecified atom stereocenters. The molecular formula is C10H7ClN2O3. The first-order chi connectivity index (χ1) is 7.63. The van der Waals surface area contributed by atoms with Gasteiger partial charge in [0.2, 0.25) is 5.28 Å². The van der Waals surface area contributed by atoms with E-state index in [1.54, 1.807) is 18.2 Å². The van der Waals surface area contributed by atoms with Crippen LogP contribution in [0.25, 0.3) is 10.9 Å². The molecule has 0 spiro atoms. The number of carbonyl (C=O) groups is 1. The molecule has 0 aliphatic carbocycles. The van der Waals surface area contributed by atoms with Gasteiger partial charge in [-0.15, -0.1) is 0 Å². The molecule has 1 aromatic heterocycles. The number of benzene rings is 1. The molecule has 2 rings (SSSR count). The van der Waals surface area contributed by atoms with Crippen molar-refractivity contribution in [2.75, 3.05) is 7.11 Å². The van der Waals surface area contributed by atoms with Crippen molar-refractivity contribution < 1.29 is 14.6 Å². The van der Waals surface area contributed by atoms with E-state index in [9.17, 15) is 4.79 Å². The third-order valence-corrected chi connectivity index (χ3v) is 2.25. The Bertz CT molecular complexity index is 571. The zero-order valence-electron chi connectivity index (χ0n) is 8.27. The third-order valence-electron chi connectivity index (χ3n) is 2.08. The van der Waals surface area contributed by atoms with Gasteiger partial charge in [-0.2, -0.15) is 0 Å². The SMILES string of the molecule is COc1cccc2c(C(=O)O)nc(Cl)nc12. The lowest BCUT2D eigenvalue weighted by atomic mass is 10.2. The van der Waals surface area contributed by atoms with E-state index in [1.807, 2.05) is 0 Å². The van der Waals surface area contributed by atoms with Crippen molar-refractivity contribution in [2.45, 2.75) is 0 Å². The predicted octanol–water partition coefficient (Wildman–Crippen LogP) is 1.99. The van der Waals surface area contributed by atoms with Crippen molar-refractivity contribution in [1.82, 2.24) is 9.97 Å². The van der Waals surface area contributed by atoms with Gasteiger partial charge in [0, 0.05) is 5.39 Å². The van der Waals surface area contributed by atoms with Gasteiger partial charge in [0.05, 0.1) is 7.11 Å². The van der Waals surface area contributed by atoms with Crippen LogP contribution in [0.2, 0.25) is 5.28 Å². The normalized spacial score (nSPS) is 10.4. The summed E-state index contributed by atoms with van der Waals surface area (Å²) in [5.74, 6) is -0.688. The minimum Gasteiger partial charge on any atom is -0.494 e. The van der Waals surface area contributed by atoms with E-state index in [2.05, 4.69) is 9.97 Å². The summed E-state index contributed by atoms with van der Waals surface area (Å²) in [6.45, 7) is 0. The maximum Gasteiger partial charge on any atom is 0.355 e. The van der Waals surface area contributed by atoms with Crippen molar-refractivity contribution in [3.8, 4) is 5.75 Å². The average molecular weight is 239 g/mol. The van der Waals surface area contributed by atoms with Crippen molar-refractivity contribution >= 4 is 28.5 Å². The number of carboxylic acids is 1. The first kappa shape index (κ1) is 10.6. The summed E-state index contributed by atoms with van der Waals surface area (Å²) in [5.41, 5.74) is 0.260. The van der Waals surface area contributed by atoms with Gasteiger partial charge >= 0.3 is 5.97 Å². The monoisotopic (exact) mass is 238 g/mol. The molecule has 0 aliphatic rings. The minimum atomic E-state index is -1.15. The molecule has 2 aromatic rings. The molecule has 0 atom stereocenters. The third kappa shape index (κ3) is 1.65.